The quantitative estimate of drug-likeness (QED) is 0.512. The molecule has 0 aliphatic carbocycles. The number of nitrogens with zero attached hydrogens (tertiary/aromatic N) is 3. The van der Waals surface area contributed by atoms with Gasteiger partial charge in [0.2, 0.25) is 10.0 Å². The van der Waals surface area contributed by atoms with E-state index in [0.29, 0.717) is 30.1 Å². The van der Waals surface area contributed by atoms with Gasteiger partial charge in [-0.05, 0) is 49.4 Å². The van der Waals surface area contributed by atoms with Crippen LogP contribution in [0.3, 0.4) is 0 Å². The molecule has 0 fully saturated rings. The Morgan fingerprint density at radius 2 is 1.87 bits per heavy atom. The third-order valence-electron chi connectivity index (χ3n) is 4.56. The van der Waals surface area contributed by atoms with Crippen molar-refractivity contribution in [2.45, 2.75) is 18.4 Å². The molecule has 1 aromatic heterocycles. The predicted octanol–water partition coefficient (Wildman–Crippen LogP) is 2.74. The minimum atomic E-state index is -3.56. The fourth-order valence-corrected chi connectivity index (χ4v) is 4.91. The van der Waals surface area contributed by atoms with Gasteiger partial charge in [-0.15, -0.1) is 0 Å². The molecule has 0 aliphatic rings. The van der Waals surface area contributed by atoms with Gasteiger partial charge in [0, 0.05) is 33.3 Å². The van der Waals surface area contributed by atoms with Crippen molar-refractivity contribution in [3.63, 3.8) is 0 Å². The van der Waals surface area contributed by atoms with E-state index in [1.807, 2.05) is 29.7 Å². The molecule has 0 atom stereocenters. The molecule has 0 saturated heterocycles. The largest absolute Gasteiger partial charge is 0.494 e. The molecule has 2 aromatic carbocycles. The topological polar surface area (TPSA) is 90.2 Å². The Balaban J connectivity index is 2.01. The Kier molecular flexibility index (Phi) is 7.26. The minimum Gasteiger partial charge on any atom is -0.494 e. The Morgan fingerprint density at radius 1 is 1.16 bits per heavy atom. The SMILES string of the molecule is CCOc1ccc2c(c1)sc(=NC(=O)c1ccc(S(=O)(=O)N(C)C)cc1)n2CCOC. The molecular weight excluding hydrogens is 438 g/mol. The normalized spacial score (nSPS) is 12.6. The fraction of sp³-hybridized carbons (Fsp3) is 0.333. The van der Waals surface area contributed by atoms with Crippen LogP contribution in [0, 0.1) is 0 Å². The van der Waals surface area contributed by atoms with Gasteiger partial charge in [0.05, 0.1) is 28.3 Å². The lowest BCUT2D eigenvalue weighted by molar-refractivity contribution is 0.0997. The van der Waals surface area contributed by atoms with E-state index in [-0.39, 0.29) is 4.90 Å². The second-order valence-corrected chi connectivity index (χ2v) is 9.98. The van der Waals surface area contributed by atoms with Crippen molar-refractivity contribution in [1.82, 2.24) is 8.87 Å². The zero-order valence-corrected chi connectivity index (χ0v) is 19.5. The number of hydrogen-bond acceptors (Lipinski definition) is 6. The van der Waals surface area contributed by atoms with E-state index >= 15 is 0 Å². The zero-order chi connectivity index (χ0) is 22.6. The van der Waals surface area contributed by atoms with Gasteiger partial charge in [-0.1, -0.05) is 11.3 Å². The molecule has 1 heterocycles. The van der Waals surface area contributed by atoms with E-state index in [2.05, 4.69) is 4.99 Å². The summed E-state index contributed by atoms with van der Waals surface area (Å²) in [5.41, 5.74) is 1.24. The summed E-state index contributed by atoms with van der Waals surface area (Å²) in [5.74, 6) is 0.308. The molecule has 10 heteroatoms. The average Bonchev–Trinajstić information content (AvgIpc) is 3.08. The highest BCUT2D eigenvalue weighted by atomic mass is 32.2. The molecule has 0 saturated carbocycles. The molecule has 8 nitrogen and oxygen atoms in total. The van der Waals surface area contributed by atoms with Crippen molar-refractivity contribution in [1.29, 1.82) is 0 Å². The summed E-state index contributed by atoms with van der Waals surface area (Å²) in [6.45, 7) is 3.50. The van der Waals surface area contributed by atoms with Crippen LogP contribution in [0.4, 0.5) is 0 Å². The summed E-state index contributed by atoms with van der Waals surface area (Å²) in [6.07, 6.45) is 0. The number of thiazole rings is 1. The molecule has 1 amide bonds. The third kappa shape index (κ3) is 5.04. The number of sulfonamides is 1. The van der Waals surface area contributed by atoms with Crippen LogP contribution in [-0.2, 0) is 21.3 Å². The van der Waals surface area contributed by atoms with Crippen LogP contribution in [0.15, 0.2) is 52.4 Å². The minimum absolute atomic E-state index is 0.120. The lowest BCUT2D eigenvalue weighted by atomic mass is 10.2. The molecule has 0 N–H and O–H groups in total. The van der Waals surface area contributed by atoms with Crippen molar-refractivity contribution in [3.05, 3.63) is 52.8 Å². The summed E-state index contributed by atoms with van der Waals surface area (Å²) in [7, 11) is 0.979. The Bertz CT molecular complexity index is 1240. The van der Waals surface area contributed by atoms with Gasteiger partial charge in [0.15, 0.2) is 4.80 Å². The Morgan fingerprint density at radius 3 is 2.48 bits per heavy atom. The number of aromatic nitrogens is 1. The number of fused-ring (bicyclic) bond motifs is 1. The third-order valence-corrected chi connectivity index (χ3v) is 7.43. The Labute approximate surface area is 185 Å². The van der Waals surface area contributed by atoms with Gasteiger partial charge in [-0.2, -0.15) is 4.99 Å². The monoisotopic (exact) mass is 463 g/mol. The van der Waals surface area contributed by atoms with Crippen molar-refractivity contribution in [2.24, 2.45) is 4.99 Å². The second kappa shape index (κ2) is 9.73. The lowest BCUT2D eigenvalue weighted by Crippen LogP contribution is -2.22. The molecule has 0 bridgehead atoms. The maximum atomic E-state index is 12.8. The number of carbonyl (C=O) groups excluding carboxylic acids is 1. The van der Waals surface area contributed by atoms with E-state index in [9.17, 15) is 13.2 Å². The highest BCUT2D eigenvalue weighted by Gasteiger charge is 2.17. The number of ether oxygens (including phenoxy) is 2. The molecule has 0 spiro atoms. The van der Waals surface area contributed by atoms with E-state index in [4.69, 9.17) is 9.47 Å². The molecule has 0 unspecified atom stereocenters. The van der Waals surface area contributed by atoms with E-state index < -0.39 is 15.9 Å². The molecule has 31 heavy (non-hydrogen) atoms. The van der Waals surface area contributed by atoms with Crippen molar-refractivity contribution >= 4 is 37.5 Å². The predicted molar refractivity (Wildman–Crippen MR) is 120 cm³/mol. The van der Waals surface area contributed by atoms with Gasteiger partial charge >= 0.3 is 0 Å². The maximum absolute atomic E-state index is 12.8. The molecule has 166 valence electrons. The van der Waals surface area contributed by atoms with E-state index in [1.54, 1.807) is 7.11 Å². The van der Waals surface area contributed by atoms with Gasteiger partial charge in [-0.25, -0.2) is 12.7 Å². The smallest absolute Gasteiger partial charge is 0.279 e. The summed E-state index contributed by atoms with van der Waals surface area (Å²) >= 11 is 1.39. The van der Waals surface area contributed by atoms with Crippen molar-refractivity contribution in [2.75, 3.05) is 34.4 Å². The van der Waals surface area contributed by atoms with Crippen molar-refractivity contribution < 1.29 is 22.7 Å². The van der Waals surface area contributed by atoms with Crippen LogP contribution < -0.4 is 9.54 Å². The van der Waals surface area contributed by atoms with E-state index in [1.165, 1.54) is 49.7 Å². The highest BCUT2D eigenvalue weighted by Crippen LogP contribution is 2.23. The van der Waals surface area contributed by atoms with Crippen LogP contribution in [-0.4, -0.2) is 57.6 Å². The highest BCUT2D eigenvalue weighted by molar-refractivity contribution is 7.89. The lowest BCUT2D eigenvalue weighted by Gasteiger charge is -2.11. The number of hydrogen-bond donors (Lipinski definition) is 0. The van der Waals surface area contributed by atoms with Crippen LogP contribution >= 0.6 is 11.3 Å². The van der Waals surface area contributed by atoms with Gasteiger partial charge in [0.25, 0.3) is 5.91 Å². The summed E-state index contributed by atoms with van der Waals surface area (Å²) in [4.78, 5) is 17.8. The van der Waals surface area contributed by atoms with E-state index in [0.717, 1.165) is 20.3 Å². The van der Waals surface area contributed by atoms with Crippen LogP contribution in [0.2, 0.25) is 0 Å². The standard InChI is InChI=1S/C21H25N3O5S2/c1-5-29-16-8-11-18-19(14-16)30-21(24(18)12-13-28-4)22-20(25)15-6-9-17(10-7-15)31(26,27)23(2)3/h6-11,14H,5,12-13H2,1-4H3. The number of amides is 1. The average molecular weight is 464 g/mol. The molecule has 3 rings (SSSR count). The molecular formula is C21H25N3O5S2. The first-order valence-electron chi connectivity index (χ1n) is 9.64. The summed E-state index contributed by atoms with van der Waals surface area (Å²) in [5, 5.41) is 0. The number of rotatable bonds is 8. The van der Waals surface area contributed by atoms with Crippen LogP contribution in [0.25, 0.3) is 10.2 Å². The first kappa shape index (κ1) is 23.1. The summed E-state index contributed by atoms with van der Waals surface area (Å²) < 4.78 is 39.2. The Hall–Kier alpha value is -2.53. The molecule has 0 aliphatic heterocycles. The number of benzene rings is 2. The van der Waals surface area contributed by atoms with Crippen LogP contribution in [0.1, 0.15) is 17.3 Å². The second-order valence-electron chi connectivity index (χ2n) is 6.82. The zero-order valence-electron chi connectivity index (χ0n) is 17.9. The molecule has 0 radical (unpaired) electrons. The van der Waals surface area contributed by atoms with Crippen molar-refractivity contribution in [3.8, 4) is 5.75 Å². The number of methoxy groups -OCH3 is 1. The maximum Gasteiger partial charge on any atom is 0.279 e. The van der Waals surface area contributed by atoms with Gasteiger partial charge in [0.1, 0.15) is 5.75 Å². The first-order valence-corrected chi connectivity index (χ1v) is 11.9. The van der Waals surface area contributed by atoms with Gasteiger partial charge in [-0.3, -0.25) is 4.79 Å². The van der Waals surface area contributed by atoms with Gasteiger partial charge < -0.3 is 14.0 Å². The fourth-order valence-electron chi connectivity index (χ4n) is 2.93. The number of carbonyl (C=O) groups is 1. The molecule has 3 aromatic rings. The van der Waals surface area contributed by atoms with Crippen LogP contribution in [0.5, 0.6) is 5.75 Å². The first-order chi connectivity index (χ1) is 14.8. The summed E-state index contributed by atoms with van der Waals surface area (Å²) in [6, 6.07) is 11.5.